The number of benzene rings is 2. The molecule has 0 radical (unpaired) electrons. The van der Waals surface area contributed by atoms with Crippen molar-refractivity contribution < 1.29 is 9.57 Å². The predicted octanol–water partition coefficient (Wildman–Crippen LogP) is 3.81. The maximum Gasteiger partial charge on any atom is 0.142 e. The van der Waals surface area contributed by atoms with Crippen LogP contribution in [0.3, 0.4) is 0 Å². The van der Waals surface area contributed by atoms with Gasteiger partial charge in [-0.3, -0.25) is 0 Å². The number of oxime groups is 1. The molecule has 0 saturated carbocycles. The van der Waals surface area contributed by atoms with E-state index in [9.17, 15) is 0 Å². The first kappa shape index (κ1) is 14.1. The fourth-order valence-electron chi connectivity index (χ4n) is 1.85. The highest BCUT2D eigenvalue weighted by Crippen LogP contribution is 2.14. The molecule has 3 heteroatoms. The minimum absolute atomic E-state index is 0.468. The van der Waals surface area contributed by atoms with Crippen LogP contribution in [0.4, 0.5) is 0 Å². The SMILES string of the molecule is CCc1ccc(CON=Cc2ccccc2OC)cc1. The summed E-state index contributed by atoms with van der Waals surface area (Å²) in [6.45, 7) is 2.61. The molecule has 2 rings (SSSR count). The number of aryl methyl sites for hydroxylation is 1. The maximum atomic E-state index is 5.31. The lowest BCUT2D eigenvalue weighted by molar-refractivity contribution is 0.132. The van der Waals surface area contributed by atoms with Crippen LogP contribution in [0.15, 0.2) is 53.7 Å². The van der Waals surface area contributed by atoms with Crippen LogP contribution in [-0.2, 0) is 17.9 Å². The highest BCUT2D eigenvalue weighted by molar-refractivity contribution is 5.82. The summed E-state index contributed by atoms with van der Waals surface area (Å²) in [4.78, 5) is 5.31. The van der Waals surface area contributed by atoms with E-state index in [1.807, 2.05) is 24.3 Å². The van der Waals surface area contributed by atoms with Gasteiger partial charge in [-0.25, -0.2) is 0 Å². The van der Waals surface area contributed by atoms with E-state index < -0.39 is 0 Å². The fraction of sp³-hybridized carbons (Fsp3) is 0.235. The van der Waals surface area contributed by atoms with Gasteiger partial charge >= 0.3 is 0 Å². The first-order chi connectivity index (χ1) is 9.83. The lowest BCUT2D eigenvalue weighted by Gasteiger charge is -2.03. The Hall–Kier alpha value is -2.29. The Bertz CT molecular complexity index is 561. The highest BCUT2D eigenvalue weighted by atomic mass is 16.6. The molecule has 0 heterocycles. The molecular weight excluding hydrogens is 250 g/mol. The quantitative estimate of drug-likeness (QED) is 0.590. The van der Waals surface area contributed by atoms with Crippen molar-refractivity contribution in [1.29, 1.82) is 0 Å². The molecule has 0 unspecified atom stereocenters. The average Bonchev–Trinajstić information content (AvgIpc) is 2.52. The van der Waals surface area contributed by atoms with Crippen molar-refractivity contribution in [2.75, 3.05) is 7.11 Å². The van der Waals surface area contributed by atoms with E-state index in [2.05, 4.69) is 36.3 Å². The van der Waals surface area contributed by atoms with Crippen molar-refractivity contribution in [1.82, 2.24) is 0 Å². The van der Waals surface area contributed by atoms with E-state index in [-0.39, 0.29) is 0 Å². The summed E-state index contributed by atoms with van der Waals surface area (Å²) in [5, 5.41) is 3.98. The number of hydrogen-bond donors (Lipinski definition) is 0. The van der Waals surface area contributed by atoms with Crippen molar-refractivity contribution in [3.63, 3.8) is 0 Å². The largest absolute Gasteiger partial charge is 0.496 e. The first-order valence-electron chi connectivity index (χ1n) is 6.69. The molecule has 2 aromatic rings. The molecule has 0 saturated heterocycles. The number of para-hydroxylation sites is 1. The van der Waals surface area contributed by atoms with Crippen LogP contribution in [0.1, 0.15) is 23.6 Å². The van der Waals surface area contributed by atoms with Crippen LogP contribution in [0.5, 0.6) is 5.75 Å². The van der Waals surface area contributed by atoms with Gasteiger partial charge in [0, 0.05) is 5.56 Å². The zero-order chi connectivity index (χ0) is 14.2. The molecule has 0 aliphatic rings. The van der Waals surface area contributed by atoms with Gasteiger partial charge in [0.15, 0.2) is 0 Å². The summed E-state index contributed by atoms with van der Waals surface area (Å²) >= 11 is 0. The first-order valence-corrected chi connectivity index (χ1v) is 6.69. The zero-order valence-electron chi connectivity index (χ0n) is 11.9. The predicted molar refractivity (Wildman–Crippen MR) is 81.2 cm³/mol. The summed E-state index contributed by atoms with van der Waals surface area (Å²) in [5.74, 6) is 0.784. The molecule has 0 N–H and O–H groups in total. The number of hydrogen-bond acceptors (Lipinski definition) is 3. The van der Waals surface area contributed by atoms with Gasteiger partial charge in [0.25, 0.3) is 0 Å². The molecule has 0 aromatic heterocycles. The van der Waals surface area contributed by atoms with Gasteiger partial charge in [-0.05, 0) is 29.7 Å². The third kappa shape index (κ3) is 3.85. The number of ether oxygens (including phenoxy) is 1. The summed E-state index contributed by atoms with van der Waals surface area (Å²) in [7, 11) is 1.64. The second kappa shape index (κ2) is 7.34. The Balaban J connectivity index is 1.90. The van der Waals surface area contributed by atoms with E-state index in [1.165, 1.54) is 5.56 Å². The van der Waals surface area contributed by atoms with Gasteiger partial charge in [0.1, 0.15) is 12.4 Å². The van der Waals surface area contributed by atoms with E-state index in [4.69, 9.17) is 9.57 Å². The maximum absolute atomic E-state index is 5.31. The lowest BCUT2D eigenvalue weighted by Crippen LogP contribution is -1.92. The van der Waals surface area contributed by atoms with Crippen molar-refractivity contribution in [3.05, 3.63) is 65.2 Å². The minimum Gasteiger partial charge on any atom is -0.496 e. The number of nitrogens with zero attached hydrogens (tertiary/aromatic N) is 1. The van der Waals surface area contributed by atoms with Gasteiger partial charge < -0.3 is 9.57 Å². The second-order valence-electron chi connectivity index (χ2n) is 4.42. The number of methoxy groups -OCH3 is 1. The van der Waals surface area contributed by atoms with Crippen LogP contribution in [0.25, 0.3) is 0 Å². The fourth-order valence-corrected chi connectivity index (χ4v) is 1.85. The van der Waals surface area contributed by atoms with Crippen LogP contribution in [0, 0.1) is 0 Å². The summed E-state index contributed by atoms with van der Waals surface area (Å²) in [6, 6.07) is 16.0. The van der Waals surface area contributed by atoms with Crippen LogP contribution >= 0.6 is 0 Å². The topological polar surface area (TPSA) is 30.8 Å². The van der Waals surface area contributed by atoms with E-state index in [0.29, 0.717) is 6.61 Å². The van der Waals surface area contributed by atoms with Crippen molar-refractivity contribution in [2.24, 2.45) is 5.16 Å². The average molecular weight is 269 g/mol. The van der Waals surface area contributed by atoms with Crippen LogP contribution in [0.2, 0.25) is 0 Å². The van der Waals surface area contributed by atoms with E-state index >= 15 is 0 Å². The monoisotopic (exact) mass is 269 g/mol. The third-order valence-electron chi connectivity index (χ3n) is 3.07. The molecule has 0 fully saturated rings. The lowest BCUT2D eigenvalue weighted by atomic mass is 10.1. The van der Waals surface area contributed by atoms with Crippen LogP contribution in [-0.4, -0.2) is 13.3 Å². The van der Waals surface area contributed by atoms with E-state index in [0.717, 1.165) is 23.3 Å². The molecular formula is C17H19NO2. The summed E-state index contributed by atoms with van der Waals surface area (Å²) < 4.78 is 5.24. The van der Waals surface area contributed by atoms with Crippen LogP contribution < -0.4 is 4.74 Å². The van der Waals surface area contributed by atoms with Crippen molar-refractivity contribution in [2.45, 2.75) is 20.0 Å². The smallest absolute Gasteiger partial charge is 0.142 e. The Morgan fingerprint density at radius 2 is 1.70 bits per heavy atom. The Labute approximate surface area is 119 Å². The Morgan fingerprint density at radius 3 is 2.40 bits per heavy atom. The van der Waals surface area contributed by atoms with E-state index in [1.54, 1.807) is 13.3 Å². The zero-order valence-corrected chi connectivity index (χ0v) is 11.9. The van der Waals surface area contributed by atoms with Gasteiger partial charge in [0.05, 0.1) is 13.3 Å². The summed E-state index contributed by atoms with van der Waals surface area (Å²) in [5.41, 5.74) is 3.34. The molecule has 0 atom stereocenters. The Morgan fingerprint density at radius 1 is 1.00 bits per heavy atom. The molecule has 2 aromatic carbocycles. The van der Waals surface area contributed by atoms with Gasteiger partial charge in [-0.1, -0.05) is 48.5 Å². The third-order valence-corrected chi connectivity index (χ3v) is 3.07. The standard InChI is InChI=1S/C17H19NO2/c1-3-14-8-10-15(11-9-14)13-20-18-12-16-6-4-5-7-17(16)19-2/h4-12H,3,13H2,1-2H3. The molecule has 0 spiro atoms. The van der Waals surface area contributed by atoms with Crippen molar-refractivity contribution in [3.8, 4) is 5.75 Å². The highest BCUT2D eigenvalue weighted by Gasteiger charge is 1.98. The molecule has 3 nitrogen and oxygen atoms in total. The molecule has 0 amide bonds. The van der Waals surface area contributed by atoms with Gasteiger partial charge in [-0.2, -0.15) is 0 Å². The minimum atomic E-state index is 0.468. The van der Waals surface area contributed by atoms with Gasteiger partial charge in [0.2, 0.25) is 0 Å². The molecule has 20 heavy (non-hydrogen) atoms. The van der Waals surface area contributed by atoms with Crippen molar-refractivity contribution >= 4 is 6.21 Å². The number of rotatable bonds is 6. The van der Waals surface area contributed by atoms with Gasteiger partial charge in [-0.15, -0.1) is 0 Å². The second-order valence-corrected chi connectivity index (χ2v) is 4.42. The molecule has 0 aliphatic carbocycles. The molecule has 0 aliphatic heterocycles. The Kier molecular flexibility index (Phi) is 5.18. The molecule has 104 valence electrons. The normalized spacial score (nSPS) is 10.7. The molecule has 0 bridgehead atoms. The summed E-state index contributed by atoms with van der Waals surface area (Å²) in [6.07, 6.45) is 2.71.